The van der Waals surface area contributed by atoms with Crippen molar-refractivity contribution >= 4 is 41.1 Å². The maximum absolute atomic E-state index is 13.6. The number of hydrogen-bond donors (Lipinski definition) is 4. The van der Waals surface area contributed by atoms with E-state index in [2.05, 4.69) is 21.3 Å². The molecule has 11 nitrogen and oxygen atoms in total. The zero-order valence-electron chi connectivity index (χ0n) is 27.3. The minimum absolute atomic E-state index is 0.158. The molecule has 4 N–H and O–H groups in total. The largest absolute Gasteiger partial charge is 0.460 e. The molecule has 0 saturated carbocycles. The third-order valence-electron chi connectivity index (χ3n) is 6.05. The van der Waals surface area contributed by atoms with Crippen molar-refractivity contribution in [3.63, 3.8) is 0 Å². The number of alkyl carbamates (subject to hydrolysis) is 1. The monoisotopic (exact) mass is 630 g/mol. The fraction of sp³-hybridized carbons (Fsp3) is 0.515. The summed E-state index contributed by atoms with van der Waals surface area (Å²) in [6.07, 6.45) is 0.0400. The third kappa shape index (κ3) is 15.3. The summed E-state index contributed by atoms with van der Waals surface area (Å²) in [6, 6.07) is 11.0. The van der Waals surface area contributed by atoms with Gasteiger partial charge in [0.15, 0.2) is 0 Å². The molecule has 0 radical (unpaired) electrons. The zero-order valence-corrected chi connectivity index (χ0v) is 27.3. The first-order valence-corrected chi connectivity index (χ1v) is 15.1. The van der Waals surface area contributed by atoms with Gasteiger partial charge in [0.25, 0.3) is 0 Å². The van der Waals surface area contributed by atoms with E-state index in [9.17, 15) is 23.6 Å². The smallest absolute Gasteiger partial charge is 0.411 e. The summed E-state index contributed by atoms with van der Waals surface area (Å²) in [5.41, 5.74) is 0.714. The highest BCUT2D eigenvalue weighted by Gasteiger charge is 2.26. The number of halogens is 1. The molecule has 12 heteroatoms. The van der Waals surface area contributed by atoms with E-state index in [0.29, 0.717) is 43.7 Å². The Balaban J connectivity index is 2.19. The number of hydrogen-bond acceptors (Lipinski definition) is 8. The number of unbranched alkanes of at least 4 members (excludes halogenated alkanes) is 1. The molecular weight excluding hydrogens is 583 g/mol. The van der Waals surface area contributed by atoms with E-state index in [1.165, 1.54) is 12.1 Å². The fourth-order valence-electron chi connectivity index (χ4n) is 4.12. The molecule has 45 heavy (non-hydrogen) atoms. The quantitative estimate of drug-likeness (QED) is 0.0994. The van der Waals surface area contributed by atoms with Gasteiger partial charge in [0.05, 0.1) is 24.4 Å². The first-order chi connectivity index (χ1) is 21.0. The lowest BCUT2D eigenvalue weighted by atomic mass is 9.96. The van der Waals surface area contributed by atoms with Crippen LogP contribution in [0.5, 0.6) is 0 Å². The maximum Gasteiger partial charge on any atom is 0.411 e. The molecule has 2 rings (SSSR count). The van der Waals surface area contributed by atoms with E-state index >= 15 is 0 Å². The standard InChI is InChI=1S/C33H47FN4O7/c1-8-43-31(42)38-26-17-16-25(36-21-22-12-14-24(34)15-13-22)20-27(26)37-29(40)23(19-28(39)44-32(2,3)4)11-9-10-18-35-30(41)45-33(5,6)7/h12-17,20,23,36H,8-11,18-19,21H2,1-7H3,(H,35,41)(H,37,40)(H,38,42). The SMILES string of the molecule is CCOC(=O)Nc1ccc(NCc2ccc(F)cc2)cc1NC(=O)C(CCCCNC(=O)OC(C)(C)C)CC(=O)OC(C)(C)C. The van der Waals surface area contributed by atoms with Gasteiger partial charge in [-0.1, -0.05) is 18.6 Å². The summed E-state index contributed by atoms with van der Waals surface area (Å²) in [7, 11) is 0. The van der Waals surface area contributed by atoms with E-state index in [0.717, 1.165) is 5.56 Å². The third-order valence-corrected chi connectivity index (χ3v) is 6.05. The Labute approximate surface area is 265 Å². The zero-order chi connectivity index (χ0) is 33.6. The van der Waals surface area contributed by atoms with Crippen molar-refractivity contribution in [2.75, 3.05) is 29.1 Å². The predicted octanol–water partition coefficient (Wildman–Crippen LogP) is 6.99. The Hall–Kier alpha value is -4.35. The van der Waals surface area contributed by atoms with Crippen LogP contribution < -0.4 is 21.3 Å². The van der Waals surface area contributed by atoms with Gasteiger partial charge in [-0.15, -0.1) is 0 Å². The Morgan fingerprint density at radius 1 is 0.822 bits per heavy atom. The molecule has 0 spiro atoms. The molecule has 0 saturated heterocycles. The number of rotatable bonds is 14. The van der Waals surface area contributed by atoms with Crippen LogP contribution in [0.3, 0.4) is 0 Å². The van der Waals surface area contributed by atoms with Crippen molar-refractivity contribution < 1.29 is 37.8 Å². The predicted molar refractivity (Wildman–Crippen MR) is 171 cm³/mol. The van der Waals surface area contributed by atoms with Gasteiger partial charge in [0.1, 0.15) is 17.0 Å². The average molecular weight is 631 g/mol. The number of carbonyl (C=O) groups excluding carboxylic acids is 4. The number of anilines is 3. The van der Waals surface area contributed by atoms with Crippen molar-refractivity contribution in [2.24, 2.45) is 5.92 Å². The summed E-state index contributed by atoms with van der Waals surface area (Å²) < 4.78 is 29.0. The number of amides is 3. The van der Waals surface area contributed by atoms with Crippen LogP contribution in [0.15, 0.2) is 42.5 Å². The van der Waals surface area contributed by atoms with Crippen LogP contribution in [0.4, 0.5) is 31.0 Å². The van der Waals surface area contributed by atoms with Gasteiger partial charge in [-0.05, 0) is 97.2 Å². The molecule has 1 unspecified atom stereocenters. The Morgan fingerprint density at radius 2 is 1.49 bits per heavy atom. The fourth-order valence-corrected chi connectivity index (χ4v) is 4.12. The Kier molecular flexibility index (Phi) is 14.1. The highest BCUT2D eigenvalue weighted by molar-refractivity contribution is 6.00. The van der Waals surface area contributed by atoms with Gasteiger partial charge in [0, 0.05) is 24.7 Å². The highest BCUT2D eigenvalue weighted by Crippen LogP contribution is 2.28. The molecule has 1 atom stereocenters. The summed E-state index contributed by atoms with van der Waals surface area (Å²) in [5, 5.41) is 11.4. The summed E-state index contributed by atoms with van der Waals surface area (Å²) in [4.78, 5) is 50.5. The van der Waals surface area contributed by atoms with Crippen molar-refractivity contribution in [1.29, 1.82) is 0 Å². The van der Waals surface area contributed by atoms with Crippen LogP contribution in [0.2, 0.25) is 0 Å². The van der Waals surface area contributed by atoms with Gasteiger partial charge < -0.3 is 30.2 Å². The van der Waals surface area contributed by atoms with Gasteiger partial charge in [-0.25, -0.2) is 14.0 Å². The molecule has 248 valence electrons. The molecule has 0 aromatic heterocycles. The van der Waals surface area contributed by atoms with Crippen LogP contribution >= 0.6 is 0 Å². The molecule has 0 aliphatic carbocycles. The van der Waals surface area contributed by atoms with E-state index < -0.39 is 41.2 Å². The molecule has 0 aliphatic rings. The van der Waals surface area contributed by atoms with Crippen LogP contribution in [0.25, 0.3) is 0 Å². The van der Waals surface area contributed by atoms with Crippen molar-refractivity contribution in [1.82, 2.24) is 5.32 Å². The first kappa shape index (κ1) is 36.8. The minimum atomic E-state index is -0.757. The second-order valence-corrected chi connectivity index (χ2v) is 12.5. The van der Waals surface area contributed by atoms with Gasteiger partial charge in [-0.3, -0.25) is 14.9 Å². The Morgan fingerprint density at radius 3 is 2.11 bits per heavy atom. The lowest BCUT2D eigenvalue weighted by molar-refractivity contribution is -0.157. The Bertz CT molecular complexity index is 1290. The van der Waals surface area contributed by atoms with E-state index in [4.69, 9.17) is 14.2 Å². The lowest BCUT2D eigenvalue weighted by Crippen LogP contribution is -2.33. The normalized spacial score (nSPS) is 12.0. The minimum Gasteiger partial charge on any atom is -0.460 e. The molecule has 2 aromatic rings. The number of carbonyl (C=O) groups is 4. The molecule has 0 heterocycles. The molecule has 0 bridgehead atoms. The lowest BCUT2D eigenvalue weighted by Gasteiger charge is -2.23. The second-order valence-electron chi connectivity index (χ2n) is 12.5. The van der Waals surface area contributed by atoms with Crippen molar-refractivity contribution in [2.45, 2.75) is 91.9 Å². The topological polar surface area (TPSA) is 144 Å². The van der Waals surface area contributed by atoms with Crippen LogP contribution in [-0.4, -0.2) is 48.4 Å². The van der Waals surface area contributed by atoms with Gasteiger partial charge in [-0.2, -0.15) is 0 Å². The van der Waals surface area contributed by atoms with E-state index in [1.54, 1.807) is 78.8 Å². The first-order valence-electron chi connectivity index (χ1n) is 15.1. The van der Waals surface area contributed by atoms with Crippen molar-refractivity contribution in [3.8, 4) is 0 Å². The van der Waals surface area contributed by atoms with Crippen LogP contribution in [0, 0.1) is 11.7 Å². The molecular formula is C33H47FN4O7. The number of ether oxygens (including phenoxy) is 3. The van der Waals surface area contributed by atoms with Crippen LogP contribution in [0.1, 0.15) is 79.7 Å². The summed E-state index contributed by atoms with van der Waals surface area (Å²) >= 11 is 0. The molecule has 3 amide bonds. The van der Waals surface area contributed by atoms with Crippen molar-refractivity contribution in [3.05, 3.63) is 53.8 Å². The number of benzene rings is 2. The summed E-state index contributed by atoms with van der Waals surface area (Å²) in [6.45, 7) is 13.1. The highest BCUT2D eigenvalue weighted by atomic mass is 19.1. The molecule has 0 aliphatic heterocycles. The van der Waals surface area contributed by atoms with E-state index in [-0.39, 0.29) is 24.5 Å². The second kappa shape index (κ2) is 17.2. The van der Waals surface area contributed by atoms with Crippen LogP contribution in [-0.2, 0) is 30.3 Å². The number of nitrogens with one attached hydrogen (secondary N) is 4. The average Bonchev–Trinajstić information content (AvgIpc) is 2.91. The summed E-state index contributed by atoms with van der Waals surface area (Å²) in [5.74, 6) is -2.05. The maximum atomic E-state index is 13.6. The molecule has 0 fully saturated rings. The van der Waals surface area contributed by atoms with E-state index in [1.807, 2.05) is 0 Å². The van der Waals surface area contributed by atoms with Gasteiger partial charge >= 0.3 is 18.2 Å². The van der Waals surface area contributed by atoms with Gasteiger partial charge in [0.2, 0.25) is 5.91 Å². The molecule has 2 aromatic carbocycles. The number of esters is 1.